The monoisotopic (exact) mass is 190 g/mol. The highest BCUT2D eigenvalue weighted by Crippen LogP contribution is 2.31. The second-order valence-electron chi connectivity index (χ2n) is 4.50. The zero-order valence-electron chi connectivity index (χ0n) is 9.05. The van der Waals surface area contributed by atoms with Gasteiger partial charge in [-0.3, -0.25) is 0 Å². The molecule has 0 aromatic heterocycles. The maximum Gasteiger partial charge on any atom is 0.0582 e. The van der Waals surface area contributed by atoms with Gasteiger partial charge < -0.3 is 4.74 Å². The van der Waals surface area contributed by atoms with Crippen LogP contribution >= 0.6 is 0 Å². The number of hydrogen-bond donors (Lipinski definition) is 0. The quantitative estimate of drug-likeness (QED) is 0.712. The van der Waals surface area contributed by atoms with Gasteiger partial charge >= 0.3 is 0 Å². The molecule has 1 aromatic carbocycles. The molecule has 1 fully saturated rings. The van der Waals surface area contributed by atoms with Gasteiger partial charge in [0.1, 0.15) is 0 Å². The van der Waals surface area contributed by atoms with E-state index in [1.54, 1.807) is 0 Å². The van der Waals surface area contributed by atoms with E-state index >= 15 is 0 Å². The fraction of sp³-hybridized carbons (Fsp3) is 0.538. The van der Waals surface area contributed by atoms with Gasteiger partial charge in [-0.05, 0) is 17.5 Å². The standard InChI is InChI=1S/C13H18O/c1-3-4-11-5-7-12(8-6-11)13(2)9-14-10-13/h5-8H,3-4,9-10H2,1-2H3. The number of aryl methyl sites for hydroxylation is 1. The van der Waals surface area contributed by atoms with Crippen molar-refractivity contribution in [3.05, 3.63) is 35.4 Å². The predicted molar refractivity (Wildman–Crippen MR) is 58.6 cm³/mol. The van der Waals surface area contributed by atoms with Crippen molar-refractivity contribution in [3.8, 4) is 0 Å². The van der Waals surface area contributed by atoms with Crippen LogP contribution in [0.4, 0.5) is 0 Å². The molecule has 0 amide bonds. The van der Waals surface area contributed by atoms with Crippen LogP contribution in [0.2, 0.25) is 0 Å². The van der Waals surface area contributed by atoms with Crippen molar-refractivity contribution in [2.24, 2.45) is 0 Å². The number of rotatable bonds is 3. The fourth-order valence-electron chi connectivity index (χ4n) is 1.94. The second-order valence-corrected chi connectivity index (χ2v) is 4.50. The molecule has 0 atom stereocenters. The lowest BCUT2D eigenvalue weighted by Crippen LogP contribution is -2.43. The number of hydrogen-bond acceptors (Lipinski definition) is 1. The molecule has 1 aliphatic rings. The molecule has 0 unspecified atom stereocenters. The minimum Gasteiger partial charge on any atom is -0.379 e. The average molecular weight is 190 g/mol. The second kappa shape index (κ2) is 3.74. The largest absolute Gasteiger partial charge is 0.379 e. The summed E-state index contributed by atoms with van der Waals surface area (Å²) in [5.41, 5.74) is 3.15. The van der Waals surface area contributed by atoms with E-state index in [0.717, 1.165) is 13.2 Å². The summed E-state index contributed by atoms with van der Waals surface area (Å²) in [6.07, 6.45) is 2.41. The van der Waals surface area contributed by atoms with Crippen LogP contribution in [-0.2, 0) is 16.6 Å². The van der Waals surface area contributed by atoms with Crippen LogP contribution in [0, 0.1) is 0 Å². The molecule has 0 bridgehead atoms. The van der Waals surface area contributed by atoms with Gasteiger partial charge in [0.05, 0.1) is 13.2 Å². The first-order valence-electron chi connectivity index (χ1n) is 5.42. The van der Waals surface area contributed by atoms with Crippen LogP contribution < -0.4 is 0 Å². The van der Waals surface area contributed by atoms with Gasteiger partial charge in [0, 0.05) is 5.41 Å². The highest BCUT2D eigenvalue weighted by molar-refractivity contribution is 5.30. The Morgan fingerprint density at radius 2 is 1.86 bits per heavy atom. The van der Waals surface area contributed by atoms with E-state index in [0.29, 0.717) is 0 Å². The summed E-state index contributed by atoms with van der Waals surface area (Å²) in [7, 11) is 0. The SMILES string of the molecule is CCCc1ccc(C2(C)COC2)cc1. The summed E-state index contributed by atoms with van der Waals surface area (Å²) in [6.45, 7) is 6.24. The molecule has 1 heteroatoms. The summed E-state index contributed by atoms with van der Waals surface area (Å²) in [5.74, 6) is 0. The third kappa shape index (κ3) is 1.69. The molecular weight excluding hydrogens is 172 g/mol. The van der Waals surface area contributed by atoms with E-state index < -0.39 is 0 Å². The summed E-state index contributed by atoms with van der Waals surface area (Å²) in [5, 5.41) is 0. The van der Waals surface area contributed by atoms with Crippen molar-refractivity contribution in [2.75, 3.05) is 13.2 Å². The molecule has 0 spiro atoms. The molecule has 1 nitrogen and oxygen atoms in total. The van der Waals surface area contributed by atoms with Crippen molar-refractivity contribution in [2.45, 2.75) is 32.1 Å². The van der Waals surface area contributed by atoms with Crippen LogP contribution in [0.5, 0.6) is 0 Å². The Morgan fingerprint density at radius 3 is 2.29 bits per heavy atom. The molecule has 14 heavy (non-hydrogen) atoms. The van der Waals surface area contributed by atoms with E-state index in [4.69, 9.17) is 4.74 Å². The Labute approximate surface area is 86.1 Å². The molecule has 1 aromatic rings. The van der Waals surface area contributed by atoms with Crippen LogP contribution in [0.15, 0.2) is 24.3 Å². The van der Waals surface area contributed by atoms with Crippen molar-refractivity contribution in [3.63, 3.8) is 0 Å². The fourth-order valence-corrected chi connectivity index (χ4v) is 1.94. The highest BCUT2D eigenvalue weighted by atomic mass is 16.5. The van der Waals surface area contributed by atoms with E-state index in [1.165, 1.54) is 24.0 Å². The van der Waals surface area contributed by atoms with E-state index in [9.17, 15) is 0 Å². The summed E-state index contributed by atoms with van der Waals surface area (Å²) in [6, 6.07) is 9.02. The molecule has 2 rings (SSSR count). The minimum atomic E-state index is 0.282. The van der Waals surface area contributed by atoms with Crippen LogP contribution in [0.25, 0.3) is 0 Å². The smallest absolute Gasteiger partial charge is 0.0582 e. The van der Waals surface area contributed by atoms with Crippen molar-refractivity contribution < 1.29 is 4.74 Å². The van der Waals surface area contributed by atoms with Gasteiger partial charge in [-0.25, -0.2) is 0 Å². The maximum absolute atomic E-state index is 5.27. The lowest BCUT2D eigenvalue weighted by molar-refractivity contribution is -0.0500. The van der Waals surface area contributed by atoms with E-state index in [1.807, 2.05) is 0 Å². The van der Waals surface area contributed by atoms with Crippen LogP contribution in [-0.4, -0.2) is 13.2 Å². The molecule has 1 aliphatic heterocycles. The van der Waals surface area contributed by atoms with Gasteiger partial charge in [0.25, 0.3) is 0 Å². The average Bonchev–Trinajstić information content (AvgIpc) is 2.16. The summed E-state index contributed by atoms with van der Waals surface area (Å²) < 4.78 is 5.27. The van der Waals surface area contributed by atoms with E-state index in [2.05, 4.69) is 38.1 Å². The third-order valence-corrected chi connectivity index (χ3v) is 3.03. The first-order valence-corrected chi connectivity index (χ1v) is 5.42. The predicted octanol–water partition coefficient (Wildman–Crippen LogP) is 2.93. The summed E-state index contributed by atoms with van der Waals surface area (Å²) in [4.78, 5) is 0. The van der Waals surface area contributed by atoms with Gasteiger partial charge in [-0.1, -0.05) is 44.5 Å². The topological polar surface area (TPSA) is 9.23 Å². The minimum absolute atomic E-state index is 0.282. The molecule has 1 heterocycles. The highest BCUT2D eigenvalue weighted by Gasteiger charge is 2.34. The van der Waals surface area contributed by atoms with Crippen molar-refractivity contribution in [1.82, 2.24) is 0 Å². The number of ether oxygens (including phenoxy) is 1. The summed E-state index contributed by atoms with van der Waals surface area (Å²) >= 11 is 0. The first kappa shape index (κ1) is 9.72. The zero-order valence-corrected chi connectivity index (χ0v) is 9.05. The van der Waals surface area contributed by atoms with Crippen LogP contribution in [0.1, 0.15) is 31.4 Å². The zero-order chi connectivity index (χ0) is 10.0. The molecule has 1 saturated heterocycles. The molecule has 76 valence electrons. The van der Waals surface area contributed by atoms with Gasteiger partial charge in [0.15, 0.2) is 0 Å². The van der Waals surface area contributed by atoms with Gasteiger partial charge in [-0.15, -0.1) is 0 Å². The molecule has 0 N–H and O–H groups in total. The molecular formula is C13H18O. The first-order chi connectivity index (χ1) is 6.74. The van der Waals surface area contributed by atoms with Crippen molar-refractivity contribution in [1.29, 1.82) is 0 Å². The Morgan fingerprint density at radius 1 is 1.21 bits per heavy atom. The van der Waals surface area contributed by atoms with Gasteiger partial charge in [-0.2, -0.15) is 0 Å². The Kier molecular flexibility index (Phi) is 2.60. The third-order valence-electron chi connectivity index (χ3n) is 3.03. The lowest BCUT2D eigenvalue weighted by atomic mass is 9.80. The molecule has 0 aliphatic carbocycles. The number of benzene rings is 1. The van der Waals surface area contributed by atoms with Crippen molar-refractivity contribution >= 4 is 0 Å². The Bertz CT molecular complexity index is 296. The van der Waals surface area contributed by atoms with Crippen LogP contribution in [0.3, 0.4) is 0 Å². The Balaban J connectivity index is 2.13. The molecule has 0 radical (unpaired) electrons. The lowest BCUT2D eigenvalue weighted by Gasteiger charge is -2.38. The maximum atomic E-state index is 5.27. The van der Waals surface area contributed by atoms with Gasteiger partial charge in [0.2, 0.25) is 0 Å². The normalized spacial score (nSPS) is 19.0. The van der Waals surface area contributed by atoms with E-state index in [-0.39, 0.29) is 5.41 Å². The Hall–Kier alpha value is -0.820. The molecule has 0 saturated carbocycles.